The van der Waals surface area contributed by atoms with Crippen LogP contribution in [0.4, 0.5) is 5.00 Å². The molecule has 2 aromatic rings. The van der Waals surface area contributed by atoms with Gasteiger partial charge in [-0.15, -0.1) is 0 Å². The first-order valence-electron chi connectivity index (χ1n) is 5.78. The number of carbonyl (C=O) groups is 1. The van der Waals surface area contributed by atoms with Crippen LogP contribution in [0.1, 0.15) is 28.0 Å². The highest BCUT2D eigenvalue weighted by Crippen LogP contribution is 2.32. The highest BCUT2D eigenvalue weighted by atomic mass is 35.5. The summed E-state index contributed by atoms with van der Waals surface area (Å²) in [5.74, 6) is -0.106. The van der Waals surface area contributed by atoms with Gasteiger partial charge in [0, 0.05) is 16.1 Å². The number of amides is 1. The fourth-order valence-corrected chi connectivity index (χ4v) is 3.10. The first-order chi connectivity index (χ1) is 8.74. The second-order valence-corrected chi connectivity index (χ2v) is 5.46. The number of carbonyl (C=O) groups excluding carboxylic acids is 1. The minimum Gasteiger partial charge on any atom is -0.312 e. The van der Waals surface area contributed by atoms with Crippen molar-refractivity contribution in [3.05, 3.63) is 46.1 Å². The summed E-state index contributed by atoms with van der Waals surface area (Å²) in [5.41, 5.74) is 2.97. The van der Waals surface area contributed by atoms with E-state index in [2.05, 4.69) is 9.69 Å². The monoisotopic (exact) mass is 278 g/mol. The molecule has 0 saturated heterocycles. The van der Waals surface area contributed by atoms with Gasteiger partial charge in [0.1, 0.15) is 5.00 Å². The summed E-state index contributed by atoms with van der Waals surface area (Å²) in [6.07, 6.45) is 3.18. The third kappa shape index (κ3) is 2.13. The van der Waals surface area contributed by atoms with Crippen molar-refractivity contribution in [1.29, 1.82) is 0 Å². The van der Waals surface area contributed by atoms with E-state index in [1.807, 2.05) is 0 Å². The fraction of sp³-hybridized carbons (Fsp3) is 0.231. The van der Waals surface area contributed by atoms with Gasteiger partial charge < -0.3 is 5.32 Å². The maximum atomic E-state index is 12.0. The van der Waals surface area contributed by atoms with Gasteiger partial charge in [0.25, 0.3) is 5.91 Å². The van der Waals surface area contributed by atoms with E-state index in [4.69, 9.17) is 11.6 Å². The second-order valence-electron chi connectivity index (χ2n) is 4.25. The normalized spacial score (nSPS) is 13.4. The third-order valence-electron chi connectivity index (χ3n) is 3.04. The van der Waals surface area contributed by atoms with E-state index in [1.54, 1.807) is 24.3 Å². The largest absolute Gasteiger partial charge is 0.312 e. The van der Waals surface area contributed by atoms with E-state index in [0.29, 0.717) is 10.6 Å². The van der Waals surface area contributed by atoms with E-state index in [1.165, 1.54) is 17.1 Å². The van der Waals surface area contributed by atoms with Gasteiger partial charge in [0.05, 0.1) is 5.69 Å². The standard InChI is InChI=1S/C13H11ClN2OS/c14-9-6-4-8(5-7-9)12(17)15-13-10-2-1-3-11(10)16-18-13/h4-7H,1-3H2,(H,15,17). The highest BCUT2D eigenvalue weighted by molar-refractivity contribution is 7.10. The second kappa shape index (κ2) is 4.71. The predicted molar refractivity (Wildman–Crippen MR) is 73.5 cm³/mol. The predicted octanol–water partition coefficient (Wildman–Crippen LogP) is 3.54. The molecule has 3 nitrogen and oxygen atoms in total. The van der Waals surface area contributed by atoms with E-state index in [9.17, 15) is 4.79 Å². The number of halogens is 1. The number of hydrogen-bond acceptors (Lipinski definition) is 3. The van der Waals surface area contributed by atoms with Crippen LogP contribution < -0.4 is 5.32 Å². The van der Waals surface area contributed by atoms with Gasteiger partial charge in [-0.2, -0.15) is 4.37 Å². The zero-order valence-corrected chi connectivity index (χ0v) is 11.1. The van der Waals surface area contributed by atoms with Crippen LogP contribution >= 0.6 is 23.1 Å². The van der Waals surface area contributed by atoms with Crippen LogP contribution in [-0.4, -0.2) is 10.3 Å². The van der Waals surface area contributed by atoms with Crippen LogP contribution in [0.25, 0.3) is 0 Å². The van der Waals surface area contributed by atoms with Crippen molar-refractivity contribution in [2.75, 3.05) is 5.32 Å². The number of aromatic nitrogens is 1. The number of rotatable bonds is 2. The summed E-state index contributed by atoms with van der Waals surface area (Å²) in [4.78, 5) is 12.0. The molecule has 0 bridgehead atoms. The van der Waals surface area contributed by atoms with Crippen molar-refractivity contribution in [1.82, 2.24) is 4.37 Å². The lowest BCUT2D eigenvalue weighted by Gasteiger charge is -2.04. The van der Waals surface area contributed by atoms with Gasteiger partial charge in [0.15, 0.2) is 0 Å². The molecule has 1 aliphatic carbocycles. The number of nitrogens with zero attached hydrogens (tertiary/aromatic N) is 1. The summed E-state index contributed by atoms with van der Waals surface area (Å²) >= 11 is 7.17. The highest BCUT2D eigenvalue weighted by Gasteiger charge is 2.20. The van der Waals surface area contributed by atoms with Gasteiger partial charge in [-0.3, -0.25) is 4.79 Å². The Kier molecular flexibility index (Phi) is 3.06. The van der Waals surface area contributed by atoms with E-state index in [0.717, 1.165) is 30.0 Å². The van der Waals surface area contributed by atoms with Crippen LogP contribution in [-0.2, 0) is 12.8 Å². The van der Waals surface area contributed by atoms with Crippen molar-refractivity contribution in [3.63, 3.8) is 0 Å². The molecule has 1 aromatic carbocycles. The van der Waals surface area contributed by atoms with Crippen molar-refractivity contribution in [2.45, 2.75) is 19.3 Å². The molecule has 0 spiro atoms. The lowest BCUT2D eigenvalue weighted by atomic mass is 10.2. The van der Waals surface area contributed by atoms with Crippen LogP contribution in [0.15, 0.2) is 24.3 Å². The van der Waals surface area contributed by atoms with Crippen molar-refractivity contribution in [2.24, 2.45) is 0 Å². The Bertz CT molecular complexity index is 592. The van der Waals surface area contributed by atoms with Gasteiger partial charge in [-0.05, 0) is 55.1 Å². The Hall–Kier alpha value is -1.39. The molecule has 1 N–H and O–H groups in total. The van der Waals surface area contributed by atoms with Crippen molar-refractivity contribution in [3.8, 4) is 0 Å². The number of benzene rings is 1. The van der Waals surface area contributed by atoms with Crippen molar-refractivity contribution < 1.29 is 4.79 Å². The van der Waals surface area contributed by atoms with Gasteiger partial charge in [-0.1, -0.05) is 11.6 Å². The molecule has 1 aliphatic rings. The summed E-state index contributed by atoms with van der Waals surface area (Å²) in [6, 6.07) is 6.87. The Balaban J connectivity index is 1.80. The van der Waals surface area contributed by atoms with Crippen LogP contribution in [0.5, 0.6) is 0 Å². The molecule has 0 radical (unpaired) electrons. The smallest absolute Gasteiger partial charge is 0.256 e. The number of aryl methyl sites for hydroxylation is 1. The maximum absolute atomic E-state index is 12.0. The zero-order chi connectivity index (χ0) is 12.5. The third-order valence-corrected chi connectivity index (χ3v) is 4.14. The minimum absolute atomic E-state index is 0.106. The zero-order valence-electron chi connectivity index (χ0n) is 9.57. The molecule has 0 atom stereocenters. The van der Waals surface area contributed by atoms with Crippen LogP contribution in [0, 0.1) is 0 Å². The molecule has 1 aromatic heterocycles. The number of nitrogens with one attached hydrogen (secondary N) is 1. The van der Waals surface area contributed by atoms with Gasteiger partial charge in [0.2, 0.25) is 0 Å². The van der Waals surface area contributed by atoms with Crippen molar-refractivity contribution >= 4 is 34.0 Å². The molecular weight excluding hydrogens is 268 g/mol. The summed E-state index contributed by atoms with van der Waals surface area (Å²) < 4.78 is 4.36. The fourth-order valence-electron chi connectivity index (χ4n) is 2.10. The molecule has 1 amide bonds. The number of fused-ring (bicyclic) bond motifs is 1. The topological polar surface area (TPSA) is 42.0 Å². The molecule has 0 fully saturated rings. The molecule has 1 heterocycles. The van der Waals surface area contributed by atoms with Crippen LogP contribution in [0.3, 0.4) is 0 Å². The minimum atomic E-state index is -0.106. The average Bonchev–Trinajstić information content (AvgIpc) is 2.95. The first kappa shape index (κ1) is 11.7. The molecule has 0 saturated carbocycles. The van der Waals surface area contributed by atoms with E-state index >= 15 is 0 Å². The SMILES string of the molecule is O=C(Nc1snc2c1CCC2)c1ccc(Cl)cc1. The Morgan fingerprint density at radius 2 is 2.06 bits per heavy atom. The maximum Gasteiger partial charge on any atom is 0.256 e. The quantitative estimate of drug-likeness (QED) is 0.913. The first-order valence-corrected chi connectivity index (χ1v) is 6.93. The molecule has 18 heavy (non-hydrogen) atoms. The molecule has 5 heteroatoms. The van der Waals surface area contributed by atoms with Gasteiger partial charge in [-0.25, -0.2) is 0 Å². The molecule has 0 aliphatic heterocycles. The van der Waals surface area contributed by atoms with Gasteiger partial charge >= 0.3 is 0 Å². The lowest BCUT2D eigenvalue weighted by molar-refractivity contribution is 0.102. The van der Waals surface area contributed by atoms with Crippen LogP contribution in [0.2, 0.25) is 5.02 Å². The molecule has 92 valence electrons. The number of hydrogen-bond donors (Lipinski definition) is 1. The lowest BCUT2D eigenvalue weighted by Crippen LogP contribution is -2.11. The Morgan fingerprint density at radius 1 is 1.28 bits per heavy atom. The summed E-state index contributed by atoms with van der Waals surface area (Å²) in [7, 11) is 0. The summed E-state index contributed by atoms with van der Waals surface area (Å²) in [5, 5.41) is 4.45. The average molecular weight is 279 g/mol. The molecule has 3 rings (SSSR count). The van der Waals surface area contributed by atoms with E-state index < -0.39 is 0 Å². The molecular formula is C13H11ClN2OS. The van der Waals surface area contributed by atoms with E-state index in [-0.39, 0.29) is 5.91 Å². The summed E-state index contributed by atoms with van der Waals surface area (Å²) in [6.45, 7) is 0. The Labute approximate surface area is 114 Å². The number of anilines is 1. The molecule has 0 unspecified atom stereocenters. The Morgan fingerprint density at radius 3 is 2.83 bits per heavy atom.